The van der Waals surface area contributed by atoms with Crippen LogP contribution in [0.4, 0.5) is 0 Å². The zero-order valence-corrected chi connectivity index (χ0v) is 15.4. The lowest BCUT2D eigenvalue weighted by Gasteiger charge is -2.34. The van der Waals surface area contributed by atoms with Gasteiger partial charge in [-0.1, -0.05) is 0 Å². The van der Waals surface area contributed by atoms with Crippen molar-refractivity contribution in [2.45, 2.75) is 6.92 Å². The number of hydrogen-bond acceptors (Lipinski definition) is 7. The van der Waals surface area contributed by atoms with Crippen LogP contribution < -0.4 is 14.2 Å². The van der Waals surface area contributed by atoms with Crippen LogP contribution in [0.3, 0.4) is 0 Å². The van der Waals surface area contributed by atoms with Gasteiger partial charge in [-0.2, -0.15) is 0 Å². The van der Waals surface area contributed by atoms with E-state index in [2.05, 4.69) is 0 Å². The van der Waals surface area contributed by atoms with Crippen LogP contribution in [0.25, 0.3) is 0 Å². The van der Waals surface area contributed by atoms with E-state index in [1.54, 1.807) is 9.80 Å². The maximum atomic E-state index is 12.3. The van der Waals surface area contributed by atoms with Gasteiger partial charge < -0.3 is 28.7 Å². The van der Waals surface area contributed by atoms with Crippen molar-refractivity contribution in [1.29, 1.82) is 0 Å². The highest BCUT2D eigenvalue weighted by molar-refractivity contribution is 5.93. The fourth-order valence-electron chi connectivity index (χ4n) is 2.96. The van der Waals surface area contributed by atoms with Gasteiger partial charge in [0.1, 0.15) is 13.2 Å². The molecule has 0 saturated carbocycles. The van der Waals surface area contributed by atoms with Gasteiger partial charge in [0.2, 0.25) is 11.7 Å². The molecule has 2 heterocycles. The summed E-state index contributed by atoms with van der Waals surface area (Å²) in [6, 6.07) is 3.00. The van der Waals surface area contributed by atoms with Gasteiger partial charge in [0.25, 0.3) is 5.91 Å². The van der Waals surface area contributed by atoms with Crippen molar-refractivity contribution in [1.82, 2.24) is 9.80 Å². The molecule has 0 aliphatic carbocycles. The Hall–Kier alpha value is -2.97. The standard InChI is InChI=1S/C18H22N2O7/c1-12(21)19-3-5-20(6-4-19)16(22)11-27-18(23)13-9-14(24-2)17-15(10-13)25-7-8-26-17/h9-10H,3-8,11H2,1-2H3. The molecule has 2 amide bonds. The first-order chi connectivity index (χ1) is 13.0. The Labute approximate surface area is 156 Å². The highest BCUT2D eigenvalue weighted by Crippen LogP contribution is 2.40. The third-order valence-corrected chi connectivity index (χ3v) is 4.47. The Morgan fingerprint density at radius 3 is 2.37 bits per heavy atom. The van der Waals surface area contributed by atoms with E-state index in [4.69, 9.17) is 18.9 Å². The van der Waals surface area contributed by atoms with Gasteiger partial charge in [-0.25, -0.2) is 4.79 Å². The number of methoxy groups -OCH3 is 1. The lowest BCUT2D eigenvalue weighted by molar-refractivity contribution is -0.140. The molecule has 2 aliphatic heterocycles. The first-order valence-corrected chi connectivity index (χ1v) is 8.67. The zero-order chi connectivity index (χ0) is 19.4. The maximum absolute atomic E-state index is 12.3. The molecule has 9 heteroatoms. The lowest BCUT2D eigenvalue weighted by atomic mass is 10.1. The fourth-order valence-corrected chi connectivity index (χ4v) is 2.96. The first-order valence-electron chi connectivity index (χ1n) is 8.67. The lowest BCUT2D eigenvalue weighted by Crippen LogP contribution is -2.51. The number of amides is 2. The summed E-state index contributed by atoms with van der Waals surface area (Å²) in [4.78, 5) is 39.2. The number of piperazine rings is 1. The normalized spacial score (nSPS) is 15.9. The molecule has 1 aromatic carbocycles. The van der Waals surface area contributed by atoms with Crippen molar-refractivity contribution in [3.63, 3.8) is 0 Å². The van der Waals surface area contributed by atoms with Crippen LogP contribution in [-0.2, 0) is 14.3 Å². The quantitative estimate of drug-likeness (QED) is 0.696. The Kier molecular flexibility index (Phi) is 5.68. The number of hydrogen-bond donors (Lipinski definition) is 0. The molecule has 9 nitrogen and oxygen atoms in total. The van der Waals surface area contributed by atoms with Gasteiger partial charge >= 0.3 is 5.97 Å². The minimum atomic E-state index is -0.652. The van der Waals surface area contributed by atoms with Gasteiger partial charge in [0.15, 0.2) is 18.1 Å². The monoisotopic (exact) mass is 378 g/mol. The van der Waals surface area contributed by atoms with Gasteiger partial charge in [-0.05, 0) is 12.1 Å². The van der Waals surface area contributed by atoms with E-state index in [1.165, 1.54) is 26.2 Å². The van der Waals surface area contributed by atoms with E-state index in [0.717, 1.165) is 0 Å². The number of ether oxygens (including phenoxy) is 4. The van der Waals surface area contributed by atoms with Crippen LogP contribution in [0.1, 0.15) is 17.3 Å². The molecule has 0 atom stereocenters. The van der Waals surface area contributed by atoms with E-state index >= 15 is 0 Å². The SMILES string of the molecule is COc1cc(C(=O)OCC(=O)N2CCN(C(C)=O)CC2)cc2c1OCCO2. The summed E-state index contributed by atoms with van der Waals surface area (Å²) >= 11 is 0. The Balaban J connectivity index is 1.58. The molecule has 2 aliphatic rings. The van der Waals surface area contributed by atoms with Crippen LogP contribution in [-0.4, -0.2) is 80.7 Å². The molecule has 1 saturated heterocycles. The largest absolute Gasteiger partial charge is 0.493 e. The highest BCUT2D eigenvalue weighted by atomic mass is 16.6. The summed E-state index contributed by atoms with van der Waals surface area (Å²) in [7, 11) is 1.47. The van der Waals surface area contributed by atoms with Crippen LogP contribution in [0.2, 0.25) is 0 Å². The van der Waals surface area contributed by atoms with Crippen LogP contribution >= 0.6 is 0 Å². The molecule has 27 heavy (non-hydrogen) atoms. The van der Waals surface area contributed by atoms with Crippen molar-refractivity contribution < 1.29 is 33.3 Å². The molecule has 1 fully saturated rings. The van der Waals surface area contributed by atoms with Crippen molar-refractivity contribution in [3.05, 3.63) is 17.7 Å². The predicted octanol–water partition coefficient (Wildman–Crippen LogP) is 0.314. The molecule has 146 valence electrons. The number of rotatable bonds is 4. The summed E-state index contributed by atoms with van der Waals surface area (Å²) in [6.45, 7) is 3.72. The Morgan fingerprint density at radius 2 is 1.70 bits per heavy atom. The first kappa shape index (κ1) is 18.8. The molecule has 0 spiro atoms. The Morgan fingerprint density at radius 1 is 1.04 bits per heavy atom. The Bertz CT molecular complexity index is 724. The van der Waals surface area contributed by atoms with Crippen LogP contribution in [0, 0.1) is 0 Å². The average molecular weight is 378 g/mol. The smallest absolute Gasteiger partial charge is 0.338 e. The fraction of sp³-hybridized carbons (Fsp3) is 0.500. The average Bonchev–Trinajstić information content (AvgIpc) is 2.70. The minimum absolute atomic E-state index is 0.0129. The molecule has 0 unspecified atom stereocenters. The van der Waals surface area contributed by atoms with Gasteiger partial charge in [-0.3, -0.25) is 9.59 Å². The second kappa shape index (κ2) is 8.15. The third-order valence-electron chi connectivity index (χ3n) is 4.47. The molecule has 0 radical (unpaired) electrons. The maximum Gasteiger partial charge on any atom is 0.338 e. The number of fused-ring (bicyclic) bond motifs is 1. The number of benzene rings is 1. The van der Waals surface area contributed by atoms with Gasteiger partial charge in [-0.15, -0.1) is 0 Å². The number of esters is 1. The van der Waals surface area contributed by atoms with Crippen molar-refractivity contribution in [3.8, 4) is 17.2 Å². The molecule has 1 aromatic rings. The molecular weight excluding hydrogens is 356 g/mol. The second-order valence-electron chi connectivity index (χ2n) is 6.17. The zero-order valence-electron chi connectivity index (χ0n) is 15.4. The summed E-state index contributed by atoms with van der Waals surface area (Å²) < 4.78 is 21.4. The minimum Gasteiger partial charge on any atom is -0.493 e. The number of carbonyl (C=O) groups excluding carboxylic acids is 3. The van der Waals surface area contributed by atoms with Crippen LogP contribution in [0.5, 0.6) is 17.2 Å². The second-order valence-corrected chi connectivity index (χ2v) is 6.17. The van der Waals surface area contributed by atoms with Crippen molar-refractivity contribution in [2.75, 3.05) is 53.1 Å². The van der Waals surface area contributed by atoms with Gasteiger partial charge in [0.05, 0.1) is 12.7 Å². The molecule has 3 rings (SSSR count). The van der Waals surface area contributed by atoms with E-state index in [-0.39, 0.29) is 24.0 Å². The summed E-state index contributed by atoms with van der Waals surface area (Å²) in [5.74, 6) is 0.253. The van der Waals surface area contributed by atoms with Crippen molar-refractivity contribution in [2.24, 2.45) is 0 Å². The van der Waals surface area contributed by atoms with Gasteiger partial charge in [0, 0.05) is 33.1 Å². The van der Waals surface area contributed by atoms with E-state index in [1.807, 2.05) is 0 Å². The third kappa shape index (κ3) is 4.24. The van der Waals surface area contributed by atoms with Crippen molar-refractivity contribution >= 4 is 17.8 Å². The number of carbonyl (C=O) groups is 3. The van der Waals surface area contributed by atoms with E-state index < -0.39 is 5.97 Å². The van der Waals surface area contributed by atoms with Crippen LogP contribution in [0.15, 0.2) is 12.1 Å². The number of nitrogens with zero attached hydrogens (tertiary/aromatic N) is 2. The topological polar surface area (TPSA) is 94.6 Å². The summed E-state index contributed by atoms with van der Waals surface area (Å²) in [5.41, 5.74) is 0.213. The predicted molar refractivity (Wildman–Crippen MR) is 93.1 cm³/mol. The van der Waals surface area contributed by atoms with E-state index in [9.17, 15) is 14.4 Å². The molecule has 0 aromatic heterocycles. The molecule has 0 N–H and O–H groups in total. The van der Waals surface area contributed by atoms with E-state index in [0.29, 0.717) is 56.6 Å². The summed E-state index contributed by atoms with van der Waals surface area (Å²) in [5, 5.41) is 0. The molecular formula is C18H22N2O7. The molecule has 0 bridgehead atoms. The summed E-state index contributed by atoms with van der Waals surface area (Å²) in [6.07, 6.45) is 0. The highest BCUT2D eigenvalue weighted by Gasteiger charge is 2.25.